The van der Waals surface area contributed by atoms with Crippen LogP contribution in [-0.2, 0) is 10.0 Å². The van der Waals surface area contributed by atoms with Gasteiger partial charge in [-0.3, -0.25) is 0 Å². The van der Waals surface area contributed by atoms with Crippen molar-refractivity contribution in [1.82, 2.24) is 4.31 Å². The number of rotatable bonds is 3. The number of sulfonamides is 1. The summed E-state index contributed by atoms with van der Waals surface area (Å²) in [5, 5.41) is 0.597. The van der Waals surface area contributed by atoms with E-state index in [0.717, 1.165) is 0 Å². The molecule has 20 heavy (non-hydrogen) atoms. The van der Waals surface area contributed by atoms with Gasteiger partial charge >= 0.3 is 0 Å². The molecule has 2 rings (SSSR count). The summed E-state index contributed by atoms with van der Waals surface area (Å²) in [6, 6.07) is 6.54. The van der Waals surface area contributed by atoms with Crippen molar-refractivity contribution in [2.75, 3.05) is 13.1 Å². The second-order valence-electron chi connectivity index (χ2n) is 4.97. The SMILES string of the molecule is CC1CN(S(=O)(=O)c2cccc(C(N)=S)c2)CC(C)S1. The van der Waals surface area contributed by atoms with Crippen molar-refractivity contribution in [2.24, 2.45) is 5.73 Å². The number of thioether (sulfide) groups is 1. The van der Waals surface area contributed by atoms with Gasteiger partial charge in [0, 0.05) is 29.2 Å². The van der Waals surface area contributed by atoms with Crippen LogP contribution in [0.1, 0.15) is 19.4 Å². The van der Waals surface area contributed by atoms with Gasteiger partial charge in [0.25, 0.3) is 0 Å². The lowest BCUT2D eigenvalue weighted by atomic mass is 10.2. The van der Waals surface area contributed by atoms with Gasteiger partial charge in [-0.2, -0.15) is 16.1 Å². The Labute approximate surface area is 129 Å². The smallest absolute Gasteiger partial charge is 0.243 e. The average Bonchev–Trinajstić information content (AvgIpc) is 2.37. The average molecular weight is 331 g/mol. The molecule has 1 fully saturated rings. The predicted molar refractivity (Wildman–Crippen MR) is 87.6 cm³/mol. The zero-order chi connectivity index (χ0) is 14.9. The molecule has 4 nitrogen and oxygen atoms in total. The van der Waals surface area contributed by atoms with Gasteiger partial charge in [0.05, 0.1) is 4.90 Å². The maximum Gasteiger partial charge on any atom is 0.243 e. The molecule has 0 aromatic heterocycles. The highest BCUT2D eigenvalue weighted by atomic mass is 32.2. The third-order valence-corrected chi connectivity index (χ3v) is 6.43. The molecule has 2 unspecified atom stereocenters. The molecule has 2 N–H and O–H groups in total. The molecule has 1 aromatic carbocycles. The van der Waals surface area contributed by atoms with E-state index in [9.17, 15) is 8.42 Å². The highest BCUT2D eigenvalue weighted by Crippen LogP contribution is 2.29. The molecule has 1 aromatic rings. The molecule has 0 bridgehead atoms. The van der Waals surface area contributed by atoms with Crippen LogP contribution in [0.25, 0.3) is 0 Å². The Balaban J connectivity index is 2.34. The van der Waals surface area contributed by atoms with Crippen LogP contribution in [0, 0.1) is 0 Å². The first-order valence-corrected chi connectivity index (χ1v) is 9.15. The van der Waals surface area contributed by atoms with E-state index >= 15 is 0 Å². The lowest BCUT2D eigenvalue weighted by molar-refractivity contribution is 0.405. The minimum absolute atomic E-state index is 0.206. The molecule has 0 spiro atoms. The topological polar surface area (TPSA) is 63.4 Å². The minimum atomic E-state index is -3.48. The second-order valence-corrected chi connectivity index (χ2v) is 9.23. The van der Waals surface area contributed by atoms with E-state index < -0.39 is 10.0 Å². The molecule has 0 radical (unpaired) electrons. The normalized spacial score (nSPS) is 24.5. The Kier molecular flexibility index (Phi) is 4.73. The van der Waals surface area contributed by atoms with E-state index in [1.807, 2.05) is 25.6 Å². The molecule has 2 atom stereocenters. The zero-order valence-electron chi connectivity index (χ0n) is 11.4. The summed E-state index contributed by atoms with van der Waals surface area (Å²) in [5.74, 6) is 0. The quantitative estimate of drug-likeness (QED) is 0.857. The third-order valence-electron chi connectivity index (χ3n) is 3.14. The van der Waals surface area contributed by atoms with Gasteiger partial charge < -0.3 is 5.73 Å². The molecular weight excluding hydrogens is 312 g/mol. The summed E-state index contributed by atoms with van der Waals surface area (Å²) in [6.07, 6.45) is 0. The molecule has 1 saturated heterocycles. The summed E-state index contributed by atoms with van der Waals surface area (Å²) in [5.41, 5.74) is 6.15. The molecular formula is C13H18N2O2S3. The maximum atomic E-state index is 12.7. The van der Waals surface area contributed by atoms with Gasteiger partial charge in [0.15, 0.2) is 0 Å². The van der Waals surface area contributed by atoms with Crippen LogP contribution in [0.4, 0.5) is 0 Å². The van der Waals surface area contributed by atoms with Gasteiger partial charge in [-0.05, 0) is 12.1 Å². The predicted octanol–water partition coefficient (Wildman–Crippen LogP) is 1.84. The van der Waals surface area contributed by atoms with Gasteiger partial charge in [0.2, 0.25) is 10.0 Å². The van der Waals surface area contributed by atoms with E-state index in [1.54, 1.807) is 28.6 Å². The largest absolute Gasteiger partial charge is 0.389 e. The third kappa shape index (κ3) is 3.33. The molecule has 0 saturated carbocycles. The zero-order valence-corrected chi connectivity index (χ0v) is 13.9. The molecule has 7 heteroatoms. The van der Waals surface area contributed by atoms with Crippen molar-refractivity contribution < 1.29 is 8.42 Å². The fourth-order valence-electron chi connectivity index (χ4n) is 2.29. The first-order valence-electron chi connectivity index (χ1n) is 6.36. The lowest BCUT2D eigenvalue weighted by Crippen LogP contribution is -2.43. The van der Waals surface area contributed by atoms with Crippen molar-refractivity contribution in [2.45, 2.75) is 29.2 Å². The highest BCUT2D eigenvalue weighted by Gasteiger charge is 2.32. The number of nitrogens with zero attached hydrogens (tertiary/aromatic N) is 1. The lowest BCUT2D eigenvalue weighted by Gasteiger charge is -2.33. The van der Waals surface area contributed by atoms with Gasteiger partial charge in [-0.25, -0.2) is 8.42 Å². The van der Waals surface area contributed by atoms with Crippen LogP contribution < -0.4 is 5.73 Å². The number of benzene rings is 1. The molecule has 110 valence electrons. The van der Waals surface area contributed by atoms with Crippen molar-refractivity contribution in [3.05, 3.63) is 29.8 Å². The van der Waals surface area contributed by atoms with Crippen LogP contribution in [0.5, 0.6) is 0 Å². The summed E-state index contributed by atoms with van der Waals surface area (Å²) in [6.45, 7) is 5.17. The van der Waals surface area contributed by atoms with Crippen molar-refractivity contribution in [3.8, 4) is 0 Å². The summed E-state index contributed by atoms with van der Waals surface area (Å²) in [4.78, 5) is 0.465. The standard InChI is InChI=1S/C13H18N2O2S3/c1-9-7-15(8-10(2)19-9)20(16,17)12-5-3-4-11(6-12)13(14)18/h3-6,9-10H,7-8H2,1-2H3,(H2,14,18). The molecule has 1 aliphatic heterocycles. The summed E-state index contributed by atoms with van der Waals surface area (Å²) < 4.78 is 26.9. The van der Waals surface area contributed by atoms with E-state index in [0.29, 0.717) is 29.2 Å². The number of nitrogens with two attached hydrogens (primary N) is 1. The maximum absolute atomic E-state index is 12.7. The molecule has 0 amide bonds. The van der Waals surface area contributed by atoms with Crippen LogP contribution in [0.15, 0.2) is 29.2 Å². The molecule has 1 heterocycles. The van der Waals surface area contributed by atoms with E-state index in [4.69, 9.17) is 18.0 Å². The summed E-state index contributed by atoms with van der Waals surface area (Å²) >= 11 is 6.72. The van der Waals surface area contributed by atoms with Crippen LogP contribution in [0.2, 0.25) is 0 Å². The highest BCUT2D eigenvalue weighted by molar-refractivity contribution is 8.00. The minimum Gasteiger partial charge on any atom is -0.389 e. The monoisotopic (exact) mass is 330 g/mol. The fourth-order valence-corrected chi connectivity index (χ4v) is 5.59. The fraction of sp³-hybridized carbons (Fsp3) is 0.462. The van der Waals surface area contributed by atoms with Crippen LogP contribution >= 0.6 is 24.0 Å². The number of hydrogen-bond donors (Lipinski definition) is 1. The van der Waals surface area contributed by atoms with Crippen LogP contribution in [-0.4, -0.2) is 41.3 Å². The van der Waals surface area contributed by atoms with Gasteiger partial charge in [-0.15, -0.1) is 0 Å². The van der Waals surface area contributed by atoms with Gasteiger partial charge in [-0.1, -0.05) is 38.2 Å². The Morgan fingerprint density at radius 1 is 1.35 bits per heavy atom. The van der Waals surface area contributed by atoms with Crippen molar-refractivity contribution >= 4 is 39.0 Å². The van der Waals surface area contributed by atoms with E-state index in [-0.39, 0.29) is 9.88 Å². The van der Waals surface area contributed by atoms with Crippen LogP contribution in [0.3, 0.4) is 0 Å². The Bertz CT molecular complexity index is 606. The van der Waals surface area contributed by atoms with E-state index in [2.05, 4.69) is 0 Å². The Morgan fingerprint density at radius 3 is 2.50 bits per heavy atom. The second kappa shape index (κ2) is 6.01. The molecule has 1 aliphatic rings. The number of thiocarbonyl (C=S) groups is 1. The van der Waals surface area contributed by atoms with Gasteiger partial charge in [0.1, 0.15) is 4.99 Å². The first-order chi connectivity index (χ1) is 9.30. The Hall–Kier alpha value is -0.630. The van der Waals surface area contributed by atoms with Crippen molar-refractivity contribution in [1.29, 1.82) is 0 Å². The Morgan fingerprint density at radius 2 is 1.95 bits per heavy atom. The number of hydrogen-bond acceptors (Lipinski definition) is 4. The first kappa shape index (κ1) is 15.8. The summed E-state index contributed by atoms with van der Waals surface area (Å²) in [7, 11) is -3.48. The molecule has 0 aliphatic carbocycles. The van der Waals surface area contributed by atoms with Crippen molar-refractivity contribution in [3.63, 3.8) is 0 Å². The van der Waals surface area contributed by atoms with E-state index in [1.165, 1.54) is 0 Å².